The van der Waals surface area contributed by atoms with Gasteiger partial charge in [0, 0.05) is 19.3 Å². The van der Waals surface area contributed by atoms with Crippen molar-refractivity contribution in [2.45, 2.75) is 84.0 Å². The molecule has 0 saturated heterocycles. The molecule has 0 fully saturated rings. The minimum atomic E-state index is -0.141. The lowest BCUT2D eigenvalue weighted by Gasteiger charge is -1.97. The SMILES string of the molecule is CCCCCCCCCC#CC#CCCCCC(=O)OC. The lowest BCUT2D eigenvalue weighted by Crippen LogP contribution is -1.98. The molecule has 2 heteroatoms. The molecule has 0 rings (SSSR count). The molecule has 0 radical (unpaired) electrons. The van der Waals surface area contributed by atoms with Gasteiger partial charge in [-0.1, -0.05) is 57.3 Å². The van der Waals surface area contributed by atoms with Crippen LogP contribution in [-0.2, 0) is 9.53 Å². The van der Waals surface area contributed by atoms with Crippen LogP contribution in [0.1, 0.15) is 84.0 Å². The maximum absolute atomic E-state index is 10.9. The Morgan fingerprint density at radius 3 is 1.90 bits per heavy atom. The number of hydrogen-bond acceptors (Lipinski definition) is 2. The van der Waals surface area contributed by atoms with Gasteiger partial charge in [0.05, 0.1) is 7.11 Å². The Bertz CT molecular complexity index is 362. The minimum Gasteiger partial charge on any atom is -0.469 e. The standard InChI is InChI=1S/C19H30O2/c1-3-4-5-6-7-8-9-10-11-12-13-14-15-16-17-18-19(20)21-2/h3-10,15-18H2,1-2H3. The summed E-state index contributed by atoms with van der Waals surface area (Å²) in [6.07, 6.45) is 13.3. The summed E-state index contributed by atoms with van der Waals surface area (Å²) >= 11 is 0. The molecular weight excluding hydrogens is 260 g/mol. The lowest BCUT2D eigenvalue weighted by atomic mass is 10.1. The molecule has 0 bridgehead atoms. The van der Waals surface area contributed by atoms with Crippen LogP contribution in [0.2, 0.25) is 0 Å². The third kappa shape index (κ3) is 16.5. The predicted molar refractivity (Wildman–Crippen MR) is 88.6 cm³/mol. The van der Waals surface area contributed by atoms with E-state index in [1.54, 1.807) is 0 Å². The van der Waals surface area contributed by atoms with E-state index in [9.17, 15) is 4.79 Å². The molecule has 21 heavy (non-hydrogen) atoms. The van der Waals surface area contributed by atoms with E-state index in [-0.39, 0.29) is 5.97 Å². The van der Waals surface area contributed by atoms with Crippen molar-refractivity contribution >= 4 is 5.97 Å². The van der Waals surface area contributed by atoms with Gasteiger partial charge in [0.1, 0.15) is 0 Å². The molecule has 0 heterocycles. The Kier molecular flexibility index (Phi) is 15.5. The first-order valence-electron chi connectivity index (χ1n) is 8.33. The summed E-state index contributed by atoms with van der Waals surface area (Å²) in [7, 11) is 1.42. The number of rotatable bonds is 11. The van der Waals surface area contributed by atoms with Gasteiger partial charge in [-0.25, -0.2) is 0 Å². The summed E-state index contributed by atoms with van der Waals surface area (Å²) in [4.78, 5) is 10.9. The lowest BCUT2D eigenvalue weighted by molar-refractivity contribution is -0.140. The highest BCUT2D eigenvalue weighted by atomic mass is 16.5. The fourth-order valence-corrected chi connectivity index (χ4v) is 1.97. The molecule has 2 nitrogen and oxygen atoms in total. The van der Waals surface area contributed by atoms with Gasteiger partial charge < -0.3 is 4.74 Å². The second-order valence-electron chi connectivity index (χ2n) is 5.26. The van der Waals surface area contributed by atoms with Gasteiger partial charge in [-0.3, -0.25) is 4.79 Å². The molecule has 0 spiro atoms. The molecule has 0 amide bonds. The quantitative estimate of drug-likeness (QED) is 0.308. The van der Waals surface area contributed by atoms with Crippen LogP contribution in [0.3, 0.4) is 0 Å². The van der Waals surface area contributed by atoms with Gasteiger partial charge in [-0.05, 0) is 31.1 Å². The normalized spacial score (nSPS) is 9.24. The number of esters is 1. The highest BCUT2D eigenvalue weighted by Gasteiger charge is 1.97. The molecule has 0 aliphatic heterocycles. The highest BCUT2D eigenvalue weighted by Crippen LogP contribution is 2.07. The van der Waals surface area contributed by atoms with E-state index >= 15 is 0 Å². The maximum atomic E-state index is 10.9. The molecular formula is C19H30O2. The summed E-state index contributed by atoms with van der Waals surface area (Å²) in [5, 5.41) is 0. The van der Waals surface area contributed by atoms with E-state index in [4.69, 9.17) is 0 Å². The Hall–Kier alpha value is -1.41. The van der Waals surface area contributed by atoms with Crippen LogP contribution in [0.25, 0.3) is 0 Å². The Morgan fingerprint density at radius 2 is 1.33 bits per heavy atom. The fraction of sp³-hybridized carbons (Fsp3) is 0.737. The third-order valence-electron chi connectivity index (χ3n) is 3.30. The third-order valence-corrected chi connectivity index (χ3v) is 3.30. The minimum absolute atomic E-state index is 0.141. The van der Waals surface area contributed by atoms with Crippen molar-refractivity contribution < 1.29 is 9.53 Å². The summed E-state index contributed by atoms with van der Waals surface area (Å²) < 4.78 is 4.57. The van der Waals surface area contributed by atoms with Crippen LogP contribution in [-0.4, -0.2) is 13.1 Å². The van der Waals surface area contributed by atoms with Crippen molar-refractivity contribution in [1.29, 1.82) is 0 Å². The zero-order valence-electron chi connectivity index (χ0n) is 13.8. The Morgan fingerprint density at radius 1 is 0.810 bits per heavy atom. The number of unbranched alkanes of at least 4 members (excludes halogenated alkanes) is 9. The molecule has 0 aromatic rings. The van der Waals surface area contributed by atoms with E-state index in [0.717, 1.165) is 25.7 Å². The summed E-state index contributed by atoms with van der Waals surface area (Å²) in [5.74, 6) is 11.8. The largest absolute Gasteiger partial charge is 0.469 e. The molecule has 0 N–H and O–H groups in total. The van der Waals surface area contributed by atoms with Crippen LogP contribution in [0.4, 0.5) is 0 Å². The molecule has 0 aromatic heterocycles. The predicted octanol–water partition coefficient (Wildman–Crippen LogP) is 4.87. The van der Waals surface area contributed by atoms with Crippen LogP contribution in [0, 0.1) is 23.7 Å². The first-order chi connectivity index (χ1) is 10.3. The number of carbonyl (C=O) groups excluding carboxylic acids is 1. The maximum Gasteiger partial charge on any atom is 0.305 e. The van der Waals surface area contributed by atoms with E-state index in [0.29, 0.717) is 6.42 Å². The molecule has 0 aliphatic carbocycles. The van der Waals surface area contributed by atoms with Crippen LogP contribution >= 0.6 is 0 Å². The Balaban J connectivity index is 3.33. The van der Waals surface area contributed by atoms with E-state index in [2.05, 4.69) is 35.3 Å². The second-order valence-corrected chi connectivity index (χ2v) is 5.26. The van der Waals surface area contributed by atoms with E-state index < -0.39 is 0 Å². The van der Waals surface area contributed by atoms with Crippen LogP contribution in [0.5, 0.6) is 0 Å². The van der Waals surface area contributed by atoms with Crippen LogP contribution < -0.4 is 0 Å². The zero-order chi connectivity index (χ0) is 15.6. The van der Waals surface area contributed by atoms with Crippen molar-refractivity contribution in [3.8, 4) is 23.7 Å². The smallest absolute Gasteiger partial charge is 0.305 e. The van der Waals surface area contributed by atoms with Crippen molar-refractivity contribution in [2.24, 2.45) is 0 Å². The Labute approximate surface area is 131 Å². The molecule has 0 atom stereocenters. The molecule has 0 aliphatic rings. The van der Waals surface area contributed by atoms with Gasteiger partial charge in [-0.15, -0.1) is 0 Å². The molecule has 0 saturated carbocycles. The zero-order valence-corrected chi connectivity index (χ0v) is 13.8. The van der Waals surface area contributed by atoms with Gasteiger partial charge in [0.25, 0.3) is 0 Å². The average molecular weight is 290 g/mol. The summed E-state index contributed by atoms with van der Waals surface area (Å²) in [6.45, 7) is 2.25. The average Bonchev–Trinajstić information content (AvgIpc) is 2.50. The molecule has 0 aromatic carbocycles. The number of carbonyl (C=O) groups is 1. The van der Waals surface area contributed by atoms with Gasteiger partial charge >= 0.3 is 5.97 Å². The topological polar surface area (TPSA) is 26.3 Å². The van der Waals surface area contributed by atoms with Crippen molar-refractivity contribution in [3.05, 3.63) is 0 Å². The van der Waals surface area contributed by atoms with E-state index in [1.165, 1.54) is 52.1 Å². The molecule has 0 unspecified atom stereocenters. The molecule has 118 valence electrons. The number of ether oxygens (including phenoxy) is 1. The van der Waals surface area contributed by atoms with Gasteiger partial charge in [-0.2, -0.15) is 0 Å². The van der Waals surface area contributed by atoms with Gasteiger partial charge in [0.15, 0.2) is 0 Å². The summed E-state index contributed by atoms with van der Waals surface area (Å²) in [6, 6.07) is 0. The number of methoxy groups -OCH3 is 1. The van der Waals surface area contributed by atoms with Crippen molar-refractivity contribution in [3.63, 3.8) is 0 Å². The monoisotopic (exact) mass is 290 g/mol. The van der Waals surface area contributed by atoms with Crippen LogP contribution in [0.15, 0.2) is 0 Å². The highest BCUT2D eigenvalue weighted by molar-refractivity contribution is 5.68. The first-order valence-corrected chi connectivity index (χ1v) is 8.33. The fourth-order valence-electron chi connectivity index (χ4n) is 1.97. The van der Waals surface area contributed by atoms with Crippen molar-refractivity contribution in [1.82, 2.24) is 0 Å². The summed E-state index contributed by atoms with van der Waals surface area (Å²) in [5.41, 5.74) is 0. The second kappa shape index (κ2) is 16.6. The van der Waals surface area contributed by atoms with Crippen molar-refractivity contribution in [2.75, 3.05) is 7.11 Å². The first kappa shape index (κ1) is 19.6. The van der Waals surface area contributed by atoms with E-state index in [1.807, 2.05) is 0 Å². The number of hydrogen-bond donors (Lipinski definition) is 0. The van der Waals surface area contributed by atoms with Gasteiger partial charge in [0.2, 0.25) is 0 Å².